The zero-order valence-electron chi connectivity index (χ0n) is 14.0. The number of nitrogens with zero attached hydrogens (tertiary/aromatic N) is 1. The van der Waals surface area contributed by atoms with Crippen molar-refractivity contribution in [2.45, 2.75) is 37.3 Å². The Bertz CT molecular complexity index is 689. The molecule has 2 aromatic carbocycles. The fourth-order valence-electron chi connectivity index (χ4n) is 4.29. The van der Waals surface area contributed by atoms with Gasteiger partial charge < -0.3 is 4.74 Å². The molecule has 0 aromatic heterocycles. The third-order valence-electron chi connectivity index (χ3n) is 5.39. The van der Waals surface area contributed by atoms with E-state index in [1.54, 1.807) is 12.1 Å². The van der Waals surface area contributed by atoms with Gasteiger partial charge >= 0.3 is 0 Å². The minimum absolute atomic E-state index is 0.0217. The second kappa shape index (κ2) is 6.66. The molecule has 2 saturated heterocycles. The molecule has 2 fully saturated rings. The molecular weight excluding hydrogens is 301 g/mol. The van der Waals surface area contributed by atoms with E-state index >= 15 is 0 Å². The Labute approximate surface area is 143 Å². The minimum atomic E-state index is -0.152. The summed E-state index contributed by atoms with van der Waals surface area (Å²) in [5.74, 6) is 0.348. The van der Waals surface area contributed by atoms with E-state index < -0.39 is 0 Å². The highest BCUT2D eigenvalue weighted by molar-refractivity contribution is 5.22. The number of ether oxygens (including phenoxy) is 1. The average Bonchev–Trinajstić information content (AvgIpc) is 2.99. The Morgan fingerprint density at radius 1 is 1.12 bits per heavy atom. The fraction of sp³-hybridized carbons (Fsp3) is 0.429. The lowest BCUT2D eigenvalue weighted by Gasteiger charge is -2.40. The lowest BCUT2D eigenvalue weighted by Crippen LogP contribution is -2.47. The summed E-state index contributed by atoms with van der Waals surface area (Å²) >= 11 is 0. The van der Waals surface area contributed by atoms with Crippen molar-refractivity contribution in [2.24, 2.45) is 0 Å². The van der Waals surface area contributed by atoms with E-state index in [9.17, 15) is 4.39 Å². The number of rotatable bonds is 3. The Morgan fingerprint density at radius 3 is 2.83 bits per heavy atom. The van der Waals surface area contributed by atoms with Crippen LogP contribution in [0.1, 0.15) is 36.3 Å². The van der Waals surface area contributed by atoms with Crippen LogP contribution in [0, 0.1) is 5.82 Å². The lowest BCUT2D eigenvalue weighted by atomic mass is 9.84. The van der Waals surface area contributed by atoms with Gasteiger partial charge in [-0.25, -0.2) is 4.39 Å². The van der Waals surface area contributed by atoms with Crippen molar-refractivity contribution < 1.29 is 9.13 Å². The van der Waals surface area contributed by atoms with Crippen molar-refractivity contribution in [1.29, 1.82) is 0 Å². The number of likely N-dealkylation sites (tertiary alicyclic amines) is 1. The van der Waals surface area contributed by atoms with Gasteiger partial charge in [-0.2, -0.15) is 0 Å². The molecule has 0 radical (unpaired) electrons. The van der Waals surface area contributed by atoms with Crippen molar-refractivity contribution in [3.05, 3.63) is 71.5 Å². The fourth-order valence-corrected chi connectivity index (χ4v) is 4.29. The van der Waals surface area contributed by atoms with Crippen LogP contribution in [0.5, 0.6) is 0 Å². The monoisotopic (exact) mass is 325 g/mol. The van der Waals surface area contributed by atoms with Crippen molar-refractivity contribution in [1.82, 2.24) is 4.90 Å². The van der Waals surface area contributed by atoms with Gasteiger partial charge in [0.15, 0.2) is 0 Å². The van der Waals surface area contributed by atoms with Crippen LogP contribution in [0.15, 0.2) is 54.6 Å². The predicted molar refractivity (Wildman–Crippen MR) is 93.4 cm³/mol. The summed E-state index contributed by atoms with van der Waals surface area (Å²) in [4.78, 5) is 2.42. The van der Waals surface area contributed by atoms with E-state index in [1.807, 2.05) is 6.07 Å². The molecule has 0 bridgehead atoms. The highest BCUT2D eigenvalue weighted by Crippen LogP contribution is 2.41. The second-order valence-electron chi connectivity index (χ2n) is 7.25. The van der Waals surface area contributed by atoms with Gasteiger partial charge in [-0.15, -0.1) is 0 Å². The Kier molecular flexibility index (Phi) is 4.38. The second-order valence-corrected chi connectivity index (χ2v) is 7.25. The van der Waals surface area contributed by atoms with Gasteiger partial charge in [0.05, 0.1) is 12.2 Å². The van der Waals surface area contributed by atoms with Gasteiger partial charge in [-0.3, -0.25) is 4.90 Å². The van der Waals surface area contributed by atoms with Crippen LogP contribution in [0.4, 0.5) is 4.39 Å². The largest absolute Gasteiger partial charge is 0.373 e. The van der Waals surface area contributed by atoms with Crippen LogP contribution in [-0.4, -0.2) is 30.2 Å². The molecule has 1 spiro atoms. The topological polar surface area (TPSA) is 12.5 Å². The molecule has 2 unspecified atom stereocenters. The molecular formula is C21H24FNO. The molecule has 126 valence electrons. The zero-order chi connectivity index (χ0) is 16.4. The number of benzene rings is 2. The van der Waals surface area contributed by atoms with E-state index in [0.29, 0.717) is 5.92 Å². The molecule has 2 heterocycles. The molecule has 2 nitrogen and oxygen atoms in total. The summed E-state index contributed by atoms with van der Waals surface area (Å²) in [6.07, 6.45) is 3.38. The van der Waals surface area contributed by atoms with Gasteiger partial charge in [-0.05, 0) is 49.1 Å². The van der Waals surface area contributed by atoms with E-state index in [2.05, 4.69) is 35.2 Å². The molecule has 4 rings (SSSR count). The van der Waals surface area contributed by atoms with Gasteiger partial charge in [0.25, 0.3) is 0 Å². The summed E-state index contributed by atoms with van der Waals surface area (Å²) in [7, 11) is 0. The first-order chi connectivity index (χ1) is 11.7. The normalized spacial score (nSPS) is 27.6. The molecule has 2 aliphatic heterocycles. The van der Waals surface area contributed by atoms with Crippen molar-refractivity contribution in [3.8, 4) is 0 Å². The third kappa shape index (κ3) is 3.38. The van der Waals surface area contributed by atoms with E-state index in [0.717, 1.165) is 51.1 Å². The highest BCUT2D eigenvalue weighted by Gasteiger charge is 2.43. The Hall–Kier alpha value is -1.71. The molecule has 0 amide bonds. The predicted octanol–water partition coefficient (Wildman–Crippen LogP) is 4.36. The molecule has 2 atom stereocenters. The maximum Gasteiger partial charge on any atom is 0.123 e. The van der Waals surface area contributed by atoms with E-state index in [4.69, 9.17) is 4.74 Å². The van der Waals surface area contributed by atoms with Crippen molar-refractivity contribution in [3.63, 3.8) is 0 Å². The summed E-state index contributed by atoms with van der Waals surface area (Å²) in [6, 6.07) is 17.6. The highest BCUT2D eigenvalue weighted by atomic mass is 19.1. The molecule has 0 N–H and O–H groups in total. The van der Waals surface area contributed by atoms with Crippen LogP contribution < -0.4 is 0 Å². The summed E-state index contributed by atoms with van der Waals surface area (Å²) in [5, 5.41) is 0. The molecule has 2 aromatic rings. The molecule has 0 saturated carbocycles. The van der Waals surface area contributed by atoms with Gasteiger partial charge in [0.2, 0.25) is 0 Å². The number of hydrogen-bond acceptors (Lipinski definition) is 2. The van der Waals surface area contributed by atoms with Crippen LogP contribution in [0.2, 0.25) is 0 Å². The number of piperidine rings is 1. The first kappa shape index (κ1) is 15.8. The van der Waals surface area contributed by atoms with Crippen molar-refractivity contribution in [2.75, 3.05) is 19.7 Å². The summed E-state index contributed by atoms with van der Waals surface area (Å²) in [5.41, 5.74) is 2.41. The Morgan fingerprint density at radius 2 is 2.00 bits per heavy atom. The minimum Gasteiger partial charge on any atom is -0.373 e. The molecule has 0 aliphatic carbocycles. The molecule has 24 heavy (non-hydrogen) atoms. The standard InChI is InChI=1S/C21H24FNO/c22-20-9-4-6-17(12-20)14-23-11-5-10-21(16-23)13-19(15-24-21)18-7-2-1-3-8-18/h1-4,6-9,12,19H,5,10-11,13-16H2. The summed E-state index contributed by atoms with van der Waals surface area (Å²) in [6.45, 7) is 3.64. The SMILES string of the molecule is Fc1cccc(CN2CCCC3(CC(c4ccccc4)CO3)C2)c1. The van der Waals surface area contributed by atoms with Gasteiger partial charge in [0.1, 0.15) is 5.82 Å². The molecule has 2 aliphatic rings. The van der Waals surface area contributed by atoms with E-state index in [-0.39, 0.29) is 11.4 Å². The number of hydrogen-bond donors (Lipinski definition) is 0. The smallest absolute Gasteiger partial charge is 0.123 e. The summed E-state index contributed by atoms with van der Waals surface area (Å²) < 4.78 is 19.7. The zero-order valence-corrected chi connectivity index (χ0v) is 14.0. The number of halogens is 1. The van der Waals surface area contributed by atoms with Crippen LogP contribution >= 0.6 is 0 Å². The van der Waals surface area contributed by atoms with E-state index in [1.165, 1.54) is 11.6 Å². The van der Waals surface area contributed by atoms with Crippen LogP contribution in [0.3, 0.4) is 0 Å². The first-order valence-corrected chi connectivity index (χ1v) is 8.88. The first-order valence-electron chi connectivity index (χ1n) is 8.88. The van der Waals surface area contributed by atoms with Crippen LogP contribution in [-0.2, 0) is 11.3 Å². The third-order valence-corrected chi connectivity index (χ3v) is 5.39. The molecule has 3 heteroatoms. The quantitative estimate of drug-likeness (QED) is 0.831. The maximum atomic E-state index is 13.4. The van der Waals surface area contributed by atoms with Gasteiger partial charge in [0, 0.05) is 19.0 Å². The average molecular weight is 325 g/mol. The lowest BCUT2D eigenvalue weighted by molar-refractivity contribution is -0.0533. The maximum absolute atomic E-state index is 13.4. The van der Waals surface area contributed by atoms with Gasteiger partial charge in [-0.1, -0.05) is 42.5 Å². The Balaban J connectivity index is 1.43. The van der Waals surface area contributed by atoms with Crippen LogP contribution in [0.25, 0.3) is 0 Å². The van der Waals surface area contributed by atoms with Crippen molar-refractivity contribution >= 4 is 0 Å².